The molecule has 5 rings (SSSR count). The molecule has 0 spiro atoms. The third-order valence-corrected chi connectivity index (χ3v) is 5.84. The second-order valence-corrected chi connectivity index (χ2v) is 7.92. The predicted molar refractivity (Wildman–Crippen MR) is 124 cm³/mol. The number of aromatic nitrogens is 4. The van der Waals surface area contributed by atoms with Crippen molar-refractivity contribution in [1.29, 1.82) is 0 Å². The first-order valence-electron chi connectivity index (χ1n) is 10.9. The van der Waals surface area contributed by atoms with Gasteiger partial charge in [-0.15, -0.1) is 0 Å². The highest BCUT2D eigenvalue weighted by atomic mass is 19.3. The van der Waals surface area contributed by atoms with Gasteiger partial charge in [-0.2, -0.15) is 8.78 Å². The third-order valence-electron chi connectivity index (χ3n) is 5.84. The number of anilines is 1. The number of nitrogens with zero attached hydrogens (tertiary/aromatic N) is 5. The number of morpholine rings is 1. The molecule has 0 aliphatic carbocycles. The molecular formula is C24H21F2N5O4. The number of fused-ring (bicyclic) bond motifs is 1. The number of ether oxygens (including phenoxy) is 2. The smallest absolute Gasteiger partial charge is 0.387 e. The molecular weight excluding hydrogens is 460 g/mol. The standard InChI is InChI=1S/C24H21F2N5O4/c1-29-21(32)17-7-6-15(16-13-27-24(28-14-16)30-8-10-34-11-9-30)12-19(17)31(29)22(33)18-4-2-3-5-20(18)35-23(25)26/h2-7,12-14,23H,8-11H2,1H3. The second-order valence-electron chi connectivity index (χ2n) is 7.92. The van der Waals surface area contributed by atoms with E-state index in [4.69, 9.17) is 4.74 Å². The number of para-hydroxylation sites is 1. The van der Waals surface area contributed by atoms with Crippen molar-refractivity contribution < 1.29 is 23.0 Å². The average molecular weight is 481 g/mol. The van der Waals surface area contributed by atoms with E-state index in [9.17, 15) is 18.4 Å². The van der Waals surface area contributed by atoms with Crippen LogP contribution in [0.15, 0.2) is 59.7 Å². The van der Waals surface area contributed by atoms with E-state index < -0.39 is 18.1 Å². The summed E-state index contributed by atoms with van der Waals surface area (Å²) in [5.41, 5.74) is 1.22. The molecule has 3 heterocycles. The van der Waals surface area contributed by atoms with Crippen molar-refractivity contribution in [3.05, 3.63) is 70.8 Å². The lowest BCUT2D eigenvalue weighted by Gasteiger charge is -2.26. The highest BCUT2D eigenvalue weighted by Crippen LogP contribution is 2.26. The summed E-state index contributed by atoms with van der Waals surface area (Å²) >= 11 is 0. The summed E-state index contributed by atoms with van der Waals surface area (Å²) in [7, 11) is 1.44. The summed E-state index contributed by atoms with van der Waals surface area (Å²) in [5.74, 6) is -0.350. The number of alkyl halides is 2. The molecule has 35 heavy (non-hydrogen) atoms. The molecule has 0 radical (unpaired) electrons. The van der Waals surface area contributed by atoms with Gasteiger partial charge in [0.25, 0.3) is 11.5 Å². The SMILES string of the molecule is Cn1c(=O)c2ccc(-c3cnc(N4CCOCC4)nc3)cc2n1C(=O)c1ccccc1OC(F)F. The maximum Gasteiger partial charge on any atom is 0.387 e. The Labute approximate surface area is 198 Å². The Hall–Kier alpha value is -4.12. The molecule has 1 fully saturated rings. The van der Waals surface area contributed by atoms with Gasteiger partial charge in [0.05, 0.1) is 29.7 Å². The summed E-state index contributed by atoms with van der Waals surface area (Å²) in [6, 6.07) is 10.7. The molecule has 2 aromatic heterocycles. The van der Waals surface area contributed by atoms with Crippen molar-refractivity contribution >= 4 is 22.8 Å². The maximum atomic E-state index is 13.4. The van der Waals surface area contributed by atoms with Gasteiger partial charge in [0.1, 0.15) is 5.75 Å². The Morgan fingerprint density at radius 2 is 1.77 bits per heavy atom. The fourth-order valence-electron chi connectivity index (χ4n) is 4.09. The van der Waals surface area contributed by atoms with Crippen LogP contribution >= 0.6 is 0 Å². The normalized spacial score (nSPS) is 14.0. The lowest BCUT2D eigenvalue weighted by atomic mass is 10.1. The quantitative estimate of drug-likeness (QED) is 0.433. The largest absolute Gasteiger partial charge is 0.434 e. The number of hydrogen-bond acceptors (Lipinski definition) is 7. The molecule has 0 saturated carbocycles. The van der Waals surface area contributed by atoms with Gasteiger partial charge in [0, 0.05) is 38.1 Å². The first-order chi connectivity index (χ1) is 16.9. The lowest BCUT2D eigenvalue weighted by Crippen LogP contribution is -2.37. The molecule has 0 unspecified atom stereocenters. The molecule has 0 bridgehead atoms. The number of hydrogen-bond donors (Lipinski definition) is 0. The fraction of sp³-hybridized carbons (Fsp3) is 0.250. The molecule has 180 valence electrons. The zero-order chi connectivity index (χ0) is 24.5. The van der Waals surface area contributed by atoms with E-state index in [1.54, 1.807) is 30.6 Å². The van der Waals surface area contributed by atoms with Crippen molar-refractivity contribution in [3.8, 4) is 16.9 Å². The number of rotatable bonds is 5. The van der Waals surface area contributed by atoms with Gasteiger partial charge in [-0.25, -0.2) is 19.3 Å². The van der Waals surface area contributed by atoms with E-state index in [0.717, 1.165) is 9.36 Å². The summed E-state index contributed by atoms with van der Waals surface area (Å²) in [5, 5.41) is 0.308. The topological polar surface area (TPSA) is 91.5 Å². The van der Waals surface area contributed by atoms with Gasteiger partial charge < -0.3 is 14.4 Å². The van der Waals surface area contributed by atoms with E-state index in [2.05, 4.69) is 14.7 Å². The molecule has 0 N–H and O–H groups in total. The first-order valence-corrected chi connectivity index (χ1v) is 10.9. The van der Waals surface area contributed by atoms with E-state index in [1.807, 2.05) is 4.90 Å². The summed E-state index contributed by atoms with van der Waals surface area (Å²) < 4.78 is 37.9. The van der Waals surface area contributed by atoms with E-state index >= 15 is 0 Å². The van der Waals surface area contributed by atoms with Crippen LogP contribution in [0.5, 0.6) is 5.75 Å². The Morgan fingerprint density at radius 3 is 2.49 bits per heavy atom. The average Bonchev–Trinajstić information content (AvgIpc) is 3.13. The molecule has 0 atom stereocenters. The Morgan fingerprint density at radius 1 is 1.06 bits per heavy atom. The Kier molecular flexibility index (Phi) is 6.00. The van der Waals surface area contributed by atoms with E-state index in [-0.39, 0.29) is 11.3 Å². The molecule has 1 aliphatic heterocycles. The molecule has 1 aliphatic rings. The van der Waals surface area contributed by atoms with Gasteiger partial charge in [0.2, 0.25) is 5.95 Å². The van der Waals surface area contributed by atoms with E-state index in [1.165, 1.54) is 31.3 Å². The summed E-state index contributed by atoms with van der Waals surface area (Å²) in [6.07, 6.45) is 3.36. The van der Waals surface area contributed by atoms with Crippen molar-refractivity contribution in [2.45, 2.75) is 6.61 Å². The molecule has 4 aromatic rings. The minimum absolute atomic E-state index is 0.0936. The van der Waals surface area contributed by atoms with E-state index in [0.29, 0.717) is 54.3 Å². The highest BCUT2D eigenvalue weighted by Gasteiger charge is 2.23. The number of benzene rings is 2. The number of halogens is 2. The van der Waals surface area contributed by atoms with Crippen molar-refractivity contribution in [2.24, 2.45) is 7.05 Å². The molecule has 0 amide bonds. The van der Waals surface area contributed by atoms with Crippen LogP contribution in [0, 0.1) is 0 Å². The lowest BCUT2D eigenvalue weighted by molar-refractivity contribution is -0.0501. The number of carbonyl (C=O) groups excluding carboxylic acids is 1. The summed E-state index contributed by atoms with van der Waals surface area (Å²) in [6.45, 7) is -0.443. The number of carbonyl (C=O) groups is 1. The maximum absolute atomic E-state index is 13.4. The predicted octanol–water partition coefficient (Wildman–Crippen LogP) is 2.92. The van der Waals surface area contributed by atoms with Crippen molar-refractivity contribution in [1.82, 2.24) is 19.3 Å². The molecule has 11 heteroatoms. The van der Waals surface area contributed by atoms with Crippen LogP contribution in [0.3, 0.4) is 0 Å². The zero-order valence-electron chi connectivity index (χ0n) is 18.7. The van der Waals surface area contributed by atoms with Gasteiger partial charge in [-0.1, -0.05) is 18.2 Å². The van der Waals surface area contributed by atoms with Crippen LogP contribution in [0.2, 0.25) is 0 Å². The minimum atomic E-state index is -3.10. The van der Waals surface area contributed by atoms with Crippen molar-refractivity contribution in [2.75, 3.05) is 31.2 Å². The second kappa shape index (κ2) is 9.26. The zero-order valence-corrected chi connectivity index (χ0v) is 18.7. The van der Waals surface area contributed by atoms with Crippen LogP contribution in [0.25, 0.3) is 22.0 Å². The molecule has 1 saturated heterocycles. The van der Waals surface area contributed by atoms with Gasteiger partial charge >= 0.3 is 6.61 Å². The molecule has 9 nitrogen and oxygen atoms in total. The van der Waals surface area contributed by atoms with Crippen LogP contribution in [0.4, 0.5) is 14.7 Å². The van der Waals surface area contributed by atoms with Gasteiger partial charge in [0.15, 0.2) is 0 Å². The van der Waals surface area contributed by atoms with Crippen molar-refractivity contribution in [3.63, 3.8) is 0 Å². The minimum Gasteiger partial charge on any atom is -0.434 e. The monoisotopic (exact) mass is 481 g/mol. The van der Waals surface area contributed by atoms with Crippen LogP contribution < -0.4 is 15.2 Å². The highest BCUT2D eigenvalue weighted by molar-refractivity contribution is 6.03. The Balaban J connectivity index is 1.55. The van der Waals surface area contributed by atoms with Crippen LogP contribution in [0.1, 0.15) is 10.4 Å². The first kappa shape index (κ1) is 22.7. The van der Waals surface area contributed by atoms with Gasteiger partial charge in [-0.05, 0) is 29.8 Å². The van der Waals surface area contributed by atoms with Gasteiger partial charge in [-0.3, -0.25) is 9.59 Å². The van der Waals surface area contributed by atoms with Crippen LogP contribution in [-0.2, 0) is 11.8 Å². The van der Waals surface area contributed by atoms with Crippen LogP contribution in [-0.4, -0.2) is 58.2 Å². The molecule has 2 aromatic carbocycles. The summed E-state index contributed by atoms with van der Waals surface area (Å²) in [4.78, 5) is 37.2. The third kappa shape index (κ3) is 4.26. The fourth-order valence-corrected chi connectivity index (χ4v) is 4.09. The Bertz CT molecular complexity index is 1440.